The molecule has 2 aromatic carbocycles. The van der Waals surface area contributed by atoms with E-state index in [1.807, 2.05) is 19.2 Å². The van der Waals surface area contributed by atoms with Gasteiger partial charge in [-0.2, -0.15) is 0 Å². The molecule has 2 N–H and O–H groups in total. The van der Waals surface area contributed by atoms with Crippen molar-refractivity contribution in [3.8, 4) is 11.5 Å². The standard InChI is InChI=1S/C29H31N3O3/c1-30-24-18-5-3-4-6-20(18)31-25-19(24)14-29(33)22-13-17-9-10-21(34-2)26-23(17)28(29,27(25)35-26)11-12-32(22)15-16-7-8-16/h3-6,9-10,16,22,27,33H,7-8,11-15H2,1-2H3,(H,30,31)/t22-,27?,28-,29?/m0/s1. The SMILES string of the molecule is CNc1c2c(nc3ccccc13)C1Oc3c(OC)ccc4c3[C@@]13CCN(CC1CC1)[C@@H](C4)C3(O)C2. The molecule has 2 bridgehead atoms. The second kappa shape index (κ2) is 6.68. The van der Waals surface area contributed by atoms with Crippen LogP contribution >= 0.6 is 0 Å². The van der Waals surface area contributed by atoms with Gasteiger partial charge in [-0.3, -0.25) is 4.90 Å². The Morgan fingerprint density at radius 2 is 2.09 bits per heavy atom. The minimum absolute atomic E-state index is 0.0686. The van der Waals surface area contributed by atoms with Crippen molar-refractivity contribution < 1.29 is 14.6 Å². The van der Waals surface area contributed by atoms with Gasteiger partial charge in [-0.15, -0.1) is 0 Å². The molecule has 2 fully saturated rings. The maximum Gasteiger partial charge on any atom is 0.166 e. The third kappa shape index (κ3) is 2.35. The average molecular weight is 470 g/mol. The van der Waals surface area contributed by atoms with Crippen molar-refractivity contribution in [3.05, 3.63) is 58.8 Å². The molecule has 180 valence electrons. The van der Waals surface area contributed by atoms with E-state index in [0.29, 0.717) is 6.42 Å². The first-order valence-corrected chi connectivity index (χ1v) is 13.0. The van der Waals surface area contributed by atoms with Gasteiger partial charge >= 0.3 is 0 Å². The van der Waals surface area contributed by atoms with Gasteiger partial charge in [-0.25, -0.2) is 4.98 Å². The molecule has 2 aliphatic heterocycles. The van der Waals surface area contributed by atoms with Crippen molar-refractivity contribution in [1.29, 1.82) is 0 Å². The lowest BCUT2D eigenvalue weighted by molar-refractivity contribution is -0.173. The summed E-state index contributed by atoms with van der Waals surface area (Å²) in [4.78, 5) is 7.81. The number of pyridine rings is 1. The number of methoxy groups -OCH3 is 1. The smallest absolute Gasteiger partial charge is 0.166 e. The van der Waals surface area contributed by atoms with Crippen LogP contribution in [0.1, 0.15) is 47.8 Å². The van der Waals surface area contributed by atoms with Gasteiger partial charge in [0.05, 0.1) is 29.3 Å². The number of para-hydroxylation sites is 1. The fourth-order valence-electron chi connectivity index (χ4n) is 8.02. The molecule has 4 atom stereocenters. The minimum Gasteiger partial charge on any atom is -0.493 e. The lowest BCUT2D eigenvalue weighted by Gasteiger charge is -2.63. The molecule has 35 heavy (non-hydrogen) atoms. The van der Waals surface area contributed by atoms with Crippen LogP contribution in [0.25, 0.3) is 10.9 Å². The van der Waals surface area contributed by atoms with E-state index in [9.17, 15) is 5.11 Å². The van der Waals surface area contributed by atoms with Gasteiger partial charge in [0.2, 0.25) is 0 Å². The maximum atomic E-state index is 13.0. The monoisotopic (exact) mass is 469 g/mol. The van der Waals surface area contributed by atoms with Gasteiger partial charge in [-0.05, 0) is 55.8 Å². The van der Waals surface area contributed by atoms with Crippen LogP contribution in [0.4, 0.5) is 5.69 Å². The van der Waals surface area contributed by atoms with Crippen molar-refractivity contribution in [3.63, 3.8) is 0 Å². The Kier molecular flexibility index (Phi) is 3.89. The molecule has 0 amide bonds. The molecular weight excluding hydrogens is 438 g/mol. The van der Waals surface area contributed by atoms with Crippen molar-refractivity contribution in [2.45, 2.75) is 55.3 Å². The van der Waals surface area contributed by atoms with Gasteiger partial charge in [0.1, 0.15) is 0 Å². The Balaban J connectivity index is 1.43. The highest BCUT2D eigenvalue weighted by Gasteiger charge is 2.73. The lowest BCUT2D eigenvalue weighted by Crippen LogP contribution is -2.74. The number of nitrogens with zero attached hydrogens (tertiary/aromatic N) is 2. The Hall–Kier alpha value is -2.83. The van der Waals surface area contributed by atoms with E-state index >= 15 is 0 Å². The summed E-state index contributed by atoms with van der Waals surface area (Å²) in [5.41, 5.74) is 5.14. The van der Waals surface area contributed by atoms with Crippen molar-refractivity contribution >= 4 is 16.6 Å². The number of hydrogen-bond donors (Lipinski definition) is 2. The Morgan fingerprint density at radius 1 is 1.23 bits per heavy atom. The summed E-state index contributed by atoms with van der Waals surface area (Å²) in [6.07, 6.45) is 4.60. The summed E-state index contributed by atoms with van der Waals surface area (Å²) < 4.78 is 12.7. The Labute approximate surface area is 205 Å². The molecule has 5 aliphatic rings. The molecule has 1 saturated carbocycles. The van der Waals surface area contributed by atoms with Crippen LogP contribution in [-0.2, 0) is 18.3 Å². The van der Waals surface area contributed by atoms with Crippen LogP contribution in [0.3, 0.4) is 0 Å². The number of hydrogen-bond acceptors (Lipinski definition) is 6. The zero-order valence-electron chi connectivity index (χ0n) is 20.3. The zero-order valence-corrected chi connectivity index (χ0v) is 20.3. The predicted molar refractivity (Wildman–Crippen MR) is 134 cm³/mol. The van der Waals surface area contributed by atoms with E-state index in [1.54, 1.807) is 7.11 Å². The highest BCUT2D eigenvalue weighted by atomic mass is 16.5. The van der Waals surface area contributed by atoms with Gasteiger partial charge < -0.3 is 19.9 Å². The molecule has 3 aliphatic carbocycles. The number of aliphatic hydroxyl groups is 1. The van der Waals surface area contributed by atoms with Crippen LogP contribution < -0.4 is 14.8 Å². The first kappa shape index (κ1) is 20.4. The van der Waals surface area contributed by atoms with E-state index in [2.05, 4.69) is 34.5 Å². The number of piperidine rings is 1. The number of benzene rings is 2. The van der Waals surface area contributed by atoms with Crippen molar-refractivity contribution in [2.24, 2.45) is 5.92 Å². The summed E-state index contributed by atoms with van der Waals surface area (Å²) in [6.45, 7) is 2.08. The second-order valence-electron chi connectivity index (χ2n) is 11.2. The number of likely N-dealkylation sites (tertiary alicyclic amines) is 1. The Bertz CT molecular complexity index is 1400. The van der Waals surface area contributed by atoms with Crippen LogP contribution in [0, 0.1) is 5.92 Å². The summed E-state index contributed by atoms with van der Waals surface area (Å²) in [7, 11) is 3.68. The molecule has 1 saturated heterocycles. The van der Waals surface area contributed by atoms with Gasteiger partial charge in [0.25, 0.3) is 0 Å². The molecule has 8 rings (SSSR count). The molecule has 1 spiro atoms. The van der Waals surface area contributed by atoms with E-state index in [1.165, 1.54) is 24.0 Å². The third-order valence-corrected chi connectivity index (χ3v) is 9.69. The first-order valence-electron chi connectivity index (χ1n) is 13.0. The van der Waals surface area contributed by atoms with Gasteiger partial charge in [0.15, 0.2) is 17.6 Å². The van der Waals surface area contributed by atoms with Crippen LogP contribution in [0.2, 0.25) is 0 Å². The average Bonchev–Trinajstić information content (AvgIpc) is 3.61. The summed E-state index contributed by atoms with van der Waals surface area (Å²) in [5.74, 6) is 2.35. The van der Waals surface area contributed by atoms with Crippen molar-refractivity contribution in [1.82, 2.24) is 9.88 Å². The predicted octanol–water partition coefficient (Wildman–Crippen LogP) is 3.98. The molecule has 6 heteroatoms. The van der Waals surface area contributed by atoms with Crippen LogP contribution in [-0.4, -0.2) is 53.9 Å². The fourth-order valence-corrected chi connectivity index (χ4v) is 8.02. The zero-order chi connectivity index (χ0) is 23.5. The molecule has 6 nitrogen and oxygen atoms in total. The maximum absolute atomic E-state index is 13.0. The fraction of sp³-hybridized carbons (Fsp3) is 0.483. The quantitative estimate of drug-likeness (QED) is 0.603. The lowest BCUT2D eigenvalue weighted by atomic mass is 9.48. The number of aromatic nitrogens is 1. The van der Waals surface area contributed by atoms with E-state index in [4.69, 9.17) is 14.5 Å². The topological polar surface area (TPSA) is 66.9 Å². The number of fused-ring (bicyclic) bond motifs is 3. The first-order chi connectivity index (χ1) is 17.1. The third-order valence-electron chi connectivity index (χ3n) is 9.69. The normalized spacial score (nSPS) is 32.1. The number of rotatable bonds is 4. The minimum atomic E-state index is -0.932. The summed E-state index contributed by atoms with van der Waals surface area (Å²) in [6, 6.07) is 12.6. The molecule has 3 heterocycles. The molecule has 0 radical (unpaired) electrons. The summed E-state index contributed by atoms with van der Waals surface area (Å²) >= 11 is 0. The van der Waals surface area contributed by atoms with Crippen LogP contribution in [0.15, 0.2) is 36.4 Å². The van der Waals surface area contributed by atoms with E-state index in [0.717, 1.165) is 71.2 Å². The van der Waals surface area contributed by atoms with E-state index in [-0.39, 0.29) is 12.1 Å². The Morgan fingerprint density at radius 3 is 2.89 bits per heavy atom. The second-order valence-corrected chi connectivity index (χ2v) is 11.2. The number of ether oxygens (including phenoxy) is 2. The van der Waals surface area contributed by atoms with Gasteiger partial charge in [-0.1, -0.05) is 24.3 Å². The van der Waals surface area contributed by atoms with Crippen molar-refractivity contribution in [2.75, 3.05) is 32.6 Å². The highest BCUT2D eigenvalue weighted by molar-refractivity contribution is 5.94. The molecular formula is C29H31N3O3. The number of nitrogens with one attached hydrogen (secondary N) is 1. The van der Waals surface area contributed by atoms with Crippen LogP contribution in [0.5, 0.6) is 11.5 Å². The molecule has 2 unspecified atom stereocenters. The molecule has 1 aromatic heterocycles. The largest absolute Gasteiger partial charge is 0.493 e. The highest BCUT2D eigenvalue weighted by Crippen LogP contribution is 2.69. The number of anilines is 1. The summed E-state index contributed by atoms with van der Waals surface area (Å²) in [5, 5.41) is 17.6. The van der Waals surface area contributed by atoms with E-state index < -0.39 is 11.0 Å². The van der Waals surface area contributed by atoms with Gasteiger partial charge in [0, 0.05) is 48.3 Å². The molecule has 3 aromatic rings.